The second-order valence-electron chi connectivity index (χ2n) is 7.08. The van der Waals surface area contributed by atoms with E-state index in [-0.39, 0.29) is 18.4 Å². The molecule has 25 heavy (non-hydrogen) atoms. The summed E-state index contributed by atoms with van der Waals surface area (Å²) in [6.07, 6.45) is 0.0381. The van der Waals surface area contributed by atoms with Gasteiger partial charge in [0.1, 0.15) is 17.0 Å². The van der Waals surface area contributed by atoms with Crippen molar-refractivity contribution in [1.82, 2.24) is 4.90 Å². The van der Waals surface area contributed by atoms with Crippen LogP contribution >= 0.6 is 0 Å². The molecule has 1 aliphatic heterocycles. The molecule has 134 valence electrons. The number of ketones is 1. The van der Waals surface area contributed by atoms with E-state index in [1.54, 1.807) is 20.8 Å². The number of benzene rings is 1. The third-order valence-corrected chi connectivity index (χ3v) is 3.76. The third-order valence-electron chi connectivity index (χ3n) is 3.76. The van der Waals surface area contributed by atoms with Gasteiger partial charge in [0, 0.05) is 31.5 Å². The lowest BCUT2D eigenvalue weighted by atomic mass is 9.92. The average molecular weight is 347 g/mol. The van der Waals surface area contributed by atoms with Crippen LogP contribution in [-0.2, 0) is 4.74 Å². The summed E-state index contributed by atoms with van der Waals surface area (Å²) in [4.78, 5) is 25.5. The number of ether oxygens (including phenoxy) is 1. The number of aliphatic hydroxyl groups is 1. The van der Waals surface area contributed by atoms with Crippen molar-refractivity contribution in [3.63, 3.8) is 0 Å². The molecule has 0 atom stereocenters. The summed E-state index contributed by atoms with van der Waals surface area (Å²) in [5.74, 6) is 4.10. The zero-order valence-electron chi connectivity index (χ0n) is 14.6. The summed E-state index contributed by atoms with van der Waals surface area (Å²) >= 11 is 0. The summed E-state index contributed by atoms with van der Waals surface area (Å²) in [6.45, 7) is 5.96. The zero-order valence-corrected chi connectivity index (χ0v) is 14.6. The van der Waals surface area contributed by atoms with Gasteiger partial charge in [-0.2, -0.15) is 0 Å². The van der Waals surface area contributed by atoms with Crippen LogP contribution in [0.4, 0.5) is 9.18 Å². The predicted molar refractivity (Wildman–Crippen MR) is 90.5 cm³/mol. The minimum absolute atomic E-state index is 0.232. The molecule has 2 rings (SSSR count). The highest BCUT2D eigenvalue weighted by Gasteiger charge is 2.34. The number of Topliss-reactive ketones (excluding diaryl/α,β-unsaturated/α-hetero) is 1. The Morgan fingerprint density at radius 3 is 2.28 bits per heavy atom. The van der Waals surface area contributed by atoms with Crippen molar-refractivity contribution in [3.05, 3.63) is 35.6 Å². The van der Waals surface area contributed by atoms with Gasteiger partial charge in [-0.3, -0.25) is 4.79 Å². The Kier molecular flexibility index (Phi) is 5.48. The molecule has 1 amide bonds. The van der Waals surface area contributed by atoms with E-state index in [4.69, 9.17) is 4.74 Å². The Balaban J connectivity index is 1.96. The molecule has 1 aromatic carbocycles. The fourth-order valence-corrected chi connectivity index (χ4v) is 2.36. The zero-order chi connectivity index (χ0) is 18.7. The lowest BCUT2D eigenvalue weighted by molar-refractivity contribution is -0.00519. The molecular formula is C19H22FNO4. The van der Waals surface area contributed by atoms with E-state index in [0.29, 0.717) is 13.1 Å². The quantitative estimate of drug-likeness (QED) is 0.482. The summed E-state index contributed by atoms with van der Waals surface area (Å²) < 4.78 is 18.2. The number of nitrogens with zero attached hydrogens (tertiary/aromatic N) is 1. The van der Waals surface area contributed by atoms with E-state index in [0.717, 1.165) is 0 Å². The lowest BCUT2D eigenvalue weighted by Gasteiger charge is -2.35. The first-order chi connectivity index (χ1) is 11.6. The standard InChI is InChI=1S/C19H22FNO4/c1-18(2,3)25-17(23)21-12-10-19(24,11-13-21)9-8-16(22)14-4-6-15(20)7-5-14/h4-7,24H,10-13H2,1-3H3. The first kappa shape index (κ1) is 18.9. The van der Waals surface area contributed by atoms with Crippen molar-refractivity contribution in [3.8, 4) is 11.8 Å². The Labute approximate surface area is 146 Å². The van der Waals surface area contributed by atoms with Crippen LogP contribution in [0, 0.1) is 17.7 Å². The van der Waals surface area contributed by atoms with Gasteiger partial charge >= 0.3 is 6.09 Å². The van der Waals surface area contributed by atoms with Gasteiger partial charge in [0.05, 0.1) is 0 Å². The number of amides is 1. The molecule has 0 aliphatic carbocycles. The van der Waals surface area contributed by atoms with E-state index in [2.05, 4.69) is 11.8 Å². The van der Waals surface area contributed by atoms with Crippen LogP contribution in [0.3, 0.4) is 0 Å². The number of hydrogen-bond acceptors (Lipinski definition) is 4. The number of piperidine rings is 1. The Hall–Kier alpha value is -2.39. The van der Waals surface area contributed by atoms with E-state index in [1.807, 2.05) is 0 Å². The van der Waals surface area contributed by atoms with Crippen molar-refractivity contribution in [2.75, 3.05) is 13.1 Å². The van der Waals surface area contributed by atoms with Crippen molar-refractivity contribution in [1.29, 1.82) is 0 Å². The van der Waals surface area contributed by atoms with Gasteiger partial charge in [0.25, 0.3) is 0 Å². The third kappa shape index (κ3) is 5.57. The van der Waals surface area contributed by atoms with E-state index >= 15 is 0 Å². The number of carbonyl (C=O) groups is 2. The van der Waals surface area contributed by atoms with Gasteiger partial charge in [0.2, 0.25) is 5.78 Å². The maximum atomic E-state index is 12.9. The topological polar surface area (TPSA) is 66.8 Å². The van der Waals surface area contributed by atoms with Crippen molar-refractivity contribution in [2.45, 2.75) is 44.8 Å². The molecule has 0 bridgehead atoms. The maximum absolute atomic E-state index is 12.9. The molecule has 1 saturated heterocycles. The van der Waals surface area contributed by atoms with Crippen LogP contribution in [0.25, 0.3) is 0 Å². The first-order valence-corrected chi connectivity index (χ1v) is 8.11. The Bertz CT molecular complexity index is 702. The van der Waals surface area contributed by atoms with Crippen molar-refractivity contribution in [2.24, 2.45) is 0 Å². The van der Waals surface area contributed by atoms with E-state index in [9.17, 15) is 19.1 Å². The molecule has 1 aliphatic rings. The molecule has 0 radical (unpaired) electrons. The second kappa shape index (κ2) is 7.24. The number of hydrogen-bond donors (Lipinski definition) is 1. The number of halogens is 1. The normalized spacial score (nSPS) is 16.6. The Morgan fingerprint density at radius 1 is 1.20 bits per heavy atom. The van der Waals surface area contributed by atoms with Gasteiger partial charge in [-0.05, 0) is 51.0 Å². The number of carbonyl (C=O) groups excluding carboxylic acids is 2. The molecule has 0 unspecified atom stereocenters. The summed E-state index contributed by atoms with van der Waals surface area (Å²) in [6, 6.07) is 5.06. The molecule has 1 N–H and O–H groups in total. The van der Waals surface area contributed by atoms with Crippen LogP contribution < -0.4 is 0 Å². The van der Waals surface area contributed by atoms with Crippen LogP contribution in [0.2, 0.25) is 0 Å². The monoisotopic (exact) mass is 347 g/mol. The highest BCUT2D eigenvalue weighted by Crippen LogP contribution is 2.23. The maximum Gasteiger partial charge on any atom is 0.410 e. The highest BCUT2D eigenvalue weighted by atomic mass is 19.1. The van der Waals surface area contributed by atoms with Crippen LogP contribution in [0.1, 0.15) is 44.0 Å². The highest BCUT2D eigenvalue weighted by molar-refractivity contribution is 6.09. The van der Waals surface area contributed by atoms with Crippen LogP contribution in [-0.4, -0.2) is 46.2 Å². The molecule has 0 aromatic heterocycles. The minimum atomic E-state index is -1.33. The fraction of sp³-hybridized carbons (Fsp3) is 0.474. The Morgan fingerprint density at radius 2 is 1.76 bits per heavy atom. The summed E-state index contributed by atoms with van der Waals surface area (Å²) in [7, 11) is 0. The van der Waals surface area contributed by atoms with Crippen molar-refractivity contribution >= 4 is 11.9 Å². The van der Waals surface area contributed by atoms with Gasteiger partial charge in [0.15, 0.2) is 0 Å². The average Bonchev–Trinajstić information content (AvgIpc) is 2.52. The molecule has 0 spiro atoms. The minimum Gasteiger partial charge on any atom is -0.444 e. The summed E-state index contributed by atoms with van der Waals surface area (Å²) in [5.41, 5.74) is -1.64. The van der Waals surface area contributed by atoms with Gasteiger partial charge in [-0.15, -0.1) is 0 Å². The lowest BCUT2D eigenvalue weighted by Crippen LogP contribution is -2.47. The second-order valence-corrected chi connectivity index (χ2v) is 7.08. The van der Waals surface area contributed by atoms with Gasteiger partial charge in [-0.1, -0.05) is 5.92 Å². The molecule has 6 heteroatoms. The van der Waals surface area contributed by atoms with Gasteiger partial charge in [-0.25, -0.2) is 9.18 Å². The van der Waals surface area contributed by atoms with E-state index in [1.165, 1.54) is 29.2 Å². The molecule has 5 nitrogen and oxygen atoms in total. The van der Waals surface area contributed by atoms with Crippen molar-refractivity contribution < 1.29 is 23.8 Å². The number of likely N-dealkylation sites (tertiary alicyclic amines) is 1. The first-order valence-electron chi connectivity index (χ1n) is 8.11. The van der Waals surface area contributed by atoms with Gasteiger partial charge < -0.3 is 14.7 Å². The number of rotatable bonds is 1. The largest absolute Gasteiger partial charge is 0.444 e. The summed E-state index contributed by atoms with van der Waals surface area (Å²) in [5, 5.41) is 10.5. The molecule has 1 fully saturated rings. The molecular weight excluding hydrogens is 325 g/mol. The predicted octanol–water partition coefficient (Wildman–Crippen LogP) is 2.77. The van der Waals surface area contributed by atoms with Crippen LogP contribution in [0.5, 0.6) is 0 Å². The smallest absolute Gasteiger partial charge is 0.410 e. The SMILES string of the molecule is CC(C)(C)OC(=O)N1CCC(O)(C#CC(=O)c2ccc(F)cc2)CC1. The molecule has 1 heterocycles. The van der Waals surface area contributed by atoms with Crippen LogP contribution in [0.15, 0.2) is 24.3 Å². The fourth-order valence-electron chi connectivity index (χ4n) is 2.36. The molecule has 0 saturated carbocycles. The van der Waals surface area contributed by atoms with E-state index < -0.39 is 28.9 Å². The molecule has 1 aromatic rings.